The summed E-state index contributed by atoms with van der Waals surface area (Å²) in [5.41, 5.74) is 0.209. The molecule has 1 aliphatic rings. The number of aromatic nitrogens is 4. The Morgan fingerprint density at radius 3 is 2.58 bits per heavy atom. The molecule has 0 radical (unpaired) electrons. The first-order valence-corrected chi connectivity index (χ1v) is 10.2. The highest BCUT2D eigenvalue weighted by molar-refractivity contribution is 5.92. The van der Waals surface area contributed by atoms with E-state index in [0.717, 1.165) is 0 Å². The van der Waals surface area contributed by atoms with Gasteiger partial charge in [-0.05, 0) is 32.9 Å². The van der Waals surface area contributed by atoms with Crippen LogP contribution in [0.25, 0.3) is 11.0 Å². The molecule has 2 aromatic heterocycles. The number of halogens is 1. The van der Waals surface area contributed by atoms with Gasteiger partial charge in [-0.3, -0.25) is 19.5 Å². The SMILES string of the molecule is CC(C)(C)n1ncc2c(=O)[nH]c(N3CCN(CC(=O)Nc4ccccc4F)CC3)nc21. The number of amides is 1. The van der Waals surface area contributed by atoms with E-state index in [0.29, 0.717) is 43.2 Å². The summed E-state index contributed by atoms with van der Waals surface area (Å²) < 4.78 is 15.5. The van der Waals surface area contributed by atoms with Crippen molar-refractivity contribution in [2.75, 3.05) is 42.9 Å². The van der Waals surface area contributed by atoms with Crippen LogP contribution in [0.15, 0.2) is 35.3 Å². The number of H-pyrrole nitrogens is 1. The smallest absolute Gasteiger partial charge is 0.263 e. The molecule has 10 heteroatoms. The van der Waals surface area contributed by atoms with Crippen molar-refractivity contribution in [3.63, 3.8) is 0 Å². The molecule has 0 atom stereocenters. The minimum atomic E-state index is -0.458. The van der Waals surface area contributed by atoms with Gasteiger partial charge < -0.3 is 10.2 Å². The maximum Gasteiger partial charge on any atom is 0.263 e. The average molecular weight is 427 g/mol. The molecule has 1 amide bonds. The van der Waals surface area contributed by atoms with E-state index in [2.05, 4.69) is 20.4 Å². The predicted molar refractivity (Wildman–Crippen MR) is 117 cm³/mol. The number of anilines is 2. The molecule has 1 saturated heterocycles. The van der Waals surface area contributed by atoms with Gasteiger partial charge in [0.2, 0.25) is 11.9 Å². The van der Waals surface area contributed by atoms with Gasteiger partial charge in [0.05, 0.1) is 24.0 Å². The molecule has 3 heterocycles. The minimum absolute atomic E-state index is 0.169. The molecule has 164 valence electrons. The summed E-state index contributed by atoms with van der Waals surface area (Å²) in [5, 5.41) is 7.40. The number of carbonyl (C=O) groups is 1. The Kier molecular flexibility index (Phi) is 5.48. The van der Waals surface area contributed by atoms with E-state index in [1.54, 1.807) is 23.0 Å². The molecule has 0 unspecified atom stereocenters. The Bertz CT molecular complexity index is 1160. The maximum atomic E-state index is 13.7. The summed E-state index contributed by atoms with van der Waals surface area (Å²) in [7, 11) is 0. The second-order valence-electron chi connectivity index (χ2n) is 8.65. The summed E-state index contributed by atoms with van der Waals surface area (Å²) in [4.78, 5) is 36.3. The number of nitrogens with zero attached hydrogens (tertiary/aromatic N) is 5. The highest BCUT2D eigenvalue weighted by Gasteiger charge is 2.24. The number of fused-ring (bicyclic) bond motifs is 1. The zero-order chi connectivity index (χ0) is 22.2. The maximum absolute atomic E-state index is 13.7. The molecule has 3 aromatic rings. The molecule has 0 aliphatic carbocycles. The second kappa shape index (κ2) is 8.10. The van der Waals surface area contributed by atoms with E-state index in [4.69, 9.17) is 0 Å². The molecule has 2 N–H and O–H groups in total. The third-order valence-electron chi connectivity index (χ3n) is 5.25. The fourth-order valence-corrected chi connectivity index (χ4v) is 3.62. The molecule has 31 heavy (non-hydrogen) atoms. The first-order valence-electron chi connectivity index (χ1n) is 10.2. The van der Waals surface area contributed by atoms with Crippen molar-refractivity contribution in [1.29, 1.82) is 0 Å². The van der Waals surface area contributed by atoms with Crippen LogP contribution in [0.1, 0.15) is 20.8 Å². The Hall–Kier alpha value is -3.27. The van der Waals surface area contributed by atoms with Gasteiger partial charge in [0, 0.05) is 26.2 Å². The van der Waals surface area contributed by atoms with Gasteiger partial charge in [-0.2, -0.15) is 10.1 Å². The molecular weight excluding hydrogens is 401 g/mol. The molecule has 0 spiro atoms. The van der Waals surface area contributed by atoms with Crippen molar-refractivity contribution in [3.8, 4) is 0 Å². The van der Waals surface area contributed by atoms with E-state index in [1.165, 1.54) is 12.1 Å². The van der Waals surface area contributed by atoms with Gasteiger partial charge in [-0.25, -0.2) is 9.07 Å². The number of aromatic amines is 1. The largest absolute Gasteiger partial charge is 0.340 e. The van der Waals surface area contributed by atoms with Crippen LogP contribution in [0.4, 0.5) is 16.0 Å². The van der Waals surface area contributed by atoms with E-state index in [1.807, 2.05) is 30.6 Å². The number of piperazine rings is 1. The normalized spacial score (nSPS) is 15.4. The third-order valence-corrected chi connectivity index (χ3v) is 5.25. The first kappa shape index (κ1) is 21.0. The van der Waals surface area contributed by atoms with Gasteiger partial charge in [0.15, 0.2) is 5.65 Å². The number of hydrogen-bond donors (Lipinski definition) is 2. The molecule has 0 saturated carbocycles. The van der Waals surface area contributed by atoms with Crippen molar-refractivity contribution in [1.82, 2.24) is 24.6 Å². The zero-order valence-corrected chi connectivity index (χ0v) is 17.9. The predicted octanol–water partition coefficient (Wildman–Crippen LogP) is 1.77. The zero-order valence-electron chi connectivity index (χ0n) is 17.9. The van der Waals surface area contributed by atoms with Crippen molar-refractivity contribution in [3.05, 3.63) is 46.6 Å². The second-order valence-corrected chi connectivity index (χ2v) is 8.65. The quantitative estimate of drug-likeness (QED) is 0.659. The first-order chi connectivity index (χ1) is 14.7. The van der Waals surface area contributed by atoms with Crippen LogP contribution < -0.4 is 15.8 Å². The highest BCUT2D eigenvalue weighted by Crippen LogP contribution is 2.20. The average Bonchev–Trinajstić information content (AvgIpc) is 3.15. The Labute approximate surface area is 178 Å². The van der Waals surface area contributed by atoms with Crippen molar-refractivity contribution >= 4 is 28.6 Å². The van der Waals surface area contributed by atoms with E-state index < -0.39 is 5.82 Å². The third kappa shape index (κ3) is 4.43. The molecule has 9 nitrogen and oxygen atoms in total. The van der Waals surface area contributed by atoms with E-state index in [-0.39, 0.29) is 29.2 Å². The number of nitrogens with one attached hydrogen (secondary N) is 2. The summed E-state index contributed by atoms with van der Waals surface area (Å²) >= 11 is 0. The van der Waals surface area contributed by atoms with Gasteiger partial charge in [0.25, 0.3) is 5.56 Å². The van der Waals surface area contributed by atoms with Gasteiger partial charge in [0.1, 0.15) is 11.2 Å². The number of hydrogen-bond acceptors (Lipinski definition) is 6. The van der Waals surface area contributed by atoms with Crippen LogP contribution in [0, 0.1) is 5.82 Å². The van der Waals surface area contributed by atoms with Gasteiger partial charge in [-0.15, -0.1) is 0 Å². The topological polar surface area (TPSA) is 99.2 Å². The molecule has 1 fully saturated rings. The standard InChI is InChI=1S/C21H26FN7O2/c1-21(2,3)29-18-14(12-23-29)19(31)26-20(25-18)28-10-8-27(9-11-28)13-17(30)24-16-7-5-4-6-15(16)22/h4-7,12H,8-11,13H2,1-3H3,(H,24,30)(H,25,26,31). The monoisotopic (exact) mass is 427 g/mol. The van der Waals surface area contributed by atoms with Gasteiger partial charge >= 0.3 is 0 Å². The van der Waals surface area contributed by atoms with Crippen LogP contribution in [0.3, 0.4) is 0 Å². The number of para-hydroxylation sites is 1. The molecule has 1 aromatic carbocycles. The molecular formula is C21H26FN7O2. The lowest BCUT2D eigenvalue weighted by molar-refractivity contribution is -0.117. The summed E-state index contributed by atoms with van der Waals surface area (Å²) in [5.74, 6) is -0.222. The molecule has 1 aliphatic heterocycles. The Morgan fingerprint density at radius 1 is 1.19 bits per heavy atom. The summed E-state index contributed by atoms with van der Waals surface area (Å²) in [6.45, 7) is 8.63. The van der Waals surface area contributed by atoms with E-state index in [9.17, 15) is 14.0 Å². The van der Waals surface area contributed by atoms with Crippen molar-refractivity contribution in [2.24, 2.45) is 0 Å². The number of carbonyl (C=O) groups excluding carboxylic acids is 1. The fourth-order valence-electron chi connectivity index (χ4n) is 3.62. The molecule has 4 rings (SSSR count). The summed E-state index contributed by atoms with van der Waals surface area (Å²) in [6, 6.07) is 6.10. The lowest BCUT2D eigenvalue weighted by Gasteiger charge is -2.34. The minimum Gasteiger partial charge on any atom is -0.340 e. The fraction of sp³-hybridized carbons (Fsp3) is 0.429. The van der Waals surface area contributed by atoms with Crippen LogP contribution in [0.2, 0.25) is 0 Å². The summed E-state index contributed by atoms with van der Waals surface area (Å²) in [6.07, 6.45) is 1.54. The lowest BCUT2D eigenvalue weighted by atomic mass is 10.1. The van der Waals surface area contributed by atoms with Crippen molar-refractivity contribution in [2.45, 2.75) is 26.3 Å². The van der Waals surface area contributed by atoms with Crippen LogP contribution >= 0.6 is 0 Å². The Balaban J connectivity index is 1.42. The van der Waals surface area contributed by atoms with Crippen LogP contribution in [-0.2, 0) is 10.3 Å². The van der Waals surface area contributed by atoms with Crippen LogP contribution in [-0.4, -0.2) is 63.3 Å². The lowest BCUT2D eigenvalue weighted by Crippen LogP contribution is -2.49. The van der Waals surface area contributed by atoms with Crippen LogP contribution in [0.5, 0.6) is 0 Å². The van der Waals surface area contributed by atoms with Gasteiger partial charge in [-0.1, -0.05) is 12.1 Å². The highest BCUT2D eigenvalue weighted by atomic mass is 19.1. The van der Waals surface area contributed by atoms with E-state index >= 15 is 0 Å². The molecule has 0 bridgehead atoms. The number of rotatable bonds is 4. The van der Waals surface area contributed by atoms with Crippen molar-refractivity contribution < 1.29 is 9.18 Å². The Morgan fingerprint density at radius 2 is 1.90 bits per heavy atom. The number of benzene rings is 1.